The summed E-state index contributed by atoms with van der Waals surface area (Å²) >= 11 is 0. The predicted octanol–water partition coefficient (Wildman–Crippen LogP) is 2.50. The zero-order chi connectivity index (χ0) is 15.2. The zero-order valence-electron chi connectivity index (χ0n) is 11.6. The molecule has 0 saturated heterocycles. The standard InChI is InChI=1S/C14H19F3N2O/c1-3-19(9-12-7-5-4-6-11(12)2)13(20)8-18-10-14(15,16)17/h4-7,18H,3,8-10H2,1-2H3. The lowest BCUT2D eigenvalue weighted by Gasteiger charge is -2.22. The zero-order valence-corrected chi connectivity index (χ0v) is 11.6. The van der Waals surface area contributed by atoms with Gasteiger partial charge in [0.1, 0.15) is 0 Å². The van der Waals surface area contributed by atoms with Gasteiger partial charge < -0.3 is 10.2 Å². The minimum Gasteiger partial charge on any atom is -0.338 e. The maximum atomic E-state index is 12.0. The summed E-state index contributed by atoms with van der Waals surface area (Å²) in [4.78, 5) is 13.4. The summed E-state index contributed by atoms with van der Waals surface area (Å²) in [5.41, 5.74) is 2.06. The molecule has 0 bridgehead atoms. The quantitative estimate of drug-likeness (QED) is 0.872. The highest BCUT2D eigenvalue weighted by Crippen LogP contribution is 2.12. The van der Waals surface area contributed by atoms with Gasteiger partial charge in [0.05, 0.1) is 13.1 Å². The van der Waals surface area contributed by atoms with Gasteiger partial charge in [0.25, 0.3) is 0 Å². The molecule has 1 aromatic rings. The first-order valence-corrected chi connectivity index (χ1v) is 6.43. The van der Waals surface area contributed by atoms with Crippen molar-refractivity contribution in [2.75, 3.05) is 19.6 Å². The lowest BCUT2D eigenvalue weighted by Crippen LogP contribution is -2.40. The Hall–Kier alpha value is -1.56. The fourth-order valence-electron chi connectivity index (χ4n) is 1.79. The van der Waals surface area contributed by atoms with Gasteiger partial charge >= 0.3 is 6.18 Å². The largest absolute Gasteiger partial charge is 0.401 e. The van der Waals surface area contributed by atoms with Crippen LogP contribution in [0.1, 0.15) is 18.1 Å². The highest BCUT2D eigenvalue weighted by Gasteiger charge is 2.27. The number of rotatable bonds is 6. The van der Waals surface area contributed by atoms with E-state index in [0.717, 1.165) is 11.1 Å². The third-order valence-corrected chi connectivity index (χ3v) is 2.96. The number of alkyl halides is 3. The molecule has 0 unspecified atom stereocenters. The van der Waals surface area contributed by atoms with Crippen LogP contribution in [0, 0.1) is 6.92 Å². The molecule has 0 fully saturated rings. The lowest BCUT2D eigenvalue weighted by atomic mass is 10.1. The van der Waals surface area contributed by atoms with Gasteiger partial charge in [0, 0.05) is 13.1 Å². The van der Waals surface area contributed by atoms with Crippen LogP contribution in [-0.4, -0.2) is 36.6 Å². The van der Waals surface area contributed by atoms with Crippen molar-refractivity contribution >= 4 is 5.91 Å². The Bertz CT molecular complexity index is 446. The van der Waals surface area contributed by atoms with Gasteiger partial charge in [-0.2, -0.15) is 13.2 Å². The van der Waals surface area contributed by atoms with E-state index in [2.05, 4.69) is 5.32 Å². The molecule has 0 radical (unpaired) electrons. The van der Waals surface area contributed by atoms with E-state index in [0.29, 0.717) is 13.1 Å². The second-order valence-electron chi connectivity index (χ2n) is 4.55. The molecule has 1 N–H and O–H groups in total. The summed E-state index contributed by atoms with van der Waals surface area (Å²) in [6.45, 7) is 3.16. The molecule has 112 valence electrons. The SMILES string of the molecule is CCN(Cc1ccccc1C)C(=O)CNCC(F)(F)F. The number of carbonyl (C=O) groups excluding carboxylic acids is 1. The molecule has 1 rings (SSSR count). The number of nitrogens with zero attached hydrogens (tertiary/aromatic N) is 1. The second-order valence-corrected chi connectivity index (χ2v) is 4.55. The predicted molar refractivity (Wildman–Crippen MR) is 71.2 cm³/mol. The monoisotopic (exact) mass is 288 g/mol. The van der Waals surface area contributed by atoms with Gasteiger partial charge in [-0.3, -0.25) is 4.79 Å². The van der Waals surface area contributed by atoms with Gasteiger partial charge in [-0.25, -0.2) is 0 Å². The van der Waals surface area contributed by atoms with Crippen molar-refractivity contribution in [2.24, 2.45) is 0 Å². The Morgan fingerprint density at radius 1 is 1.30 bits per heavy atom. The van der Waals surface area contributed by atoms with Crippen molar-refractivity contribution in [3.05, 3.63) is 35.4 Å². The molecular weight excluding hydrogens is 269 g/mol. The van der Waals surface area contributed by atoms with Crippen LogP contribution in [0.2, 0.25) is 0 Å². The van der Waals surface area contributed by atoms with E-state index >= 15 is 0 Å². The summed E-state index contributed by atoms with van der Waals surface area (Å²) in [6.07, 6.45) is -4.30. The number of likely N-dealkylation sites (N-methyl/N-ethyl adjacent to an activating group) is 1. The second kappa shape index (κ2) is 7.28. The van der Waals surface area contributed by atoms with Crippen molar-refractivity contribution in [1.82, 2.24) is 10.2 Å². The Morgan fingerprint density at radius 2 is 1.95 bits per heavy atom. The molecule has 0 aromatic heterocycles. The van der Waals surface area contributed by atoms with Gasteiger partial charge in [-0.1, -0.05) is 24.3 Å². The summed E-state index contributed by atoms with van der Waals surface area (Å²) in [7, 11) is 0. The average molecular weight is 288 g/mol. The summed E-state index contributed by atoms with van der Waals surface area (Å²) < 4.78 is 36.0. The number of amides is 1. The first-order chi connectivity index (χ1) is 9.33. The van der Waals surface area contributed by atoms with E-state index in [4.69, 9.17) is 0 Å². The minimum absolute atomic E-state index is 0.306. The summed E-state index contributed by atoms with van der Waals surface area (Å²) in [5, 5.41) is 2.12. The first-order valence-electron chi connectivity index (χ1n) is 6.43. The maximum absolute atomic E-state index is 12.0. The van der Waals surface area contributed by atoms with Gasteiger partial charge in [-0.15, -0.1) is 0 Å². The number of aryl methyl sites for hydroxylation is 1. The number of hydrogen-bond acceptors (Lipinski definition) is 2. The molecule has 1 aromatic carbocycles. The fourth-order valence-corrected chi connectivity index (χ4v) is 1.79. The third kappa shape index (κ3) is 5.61. The van der Waals surface area contributed by atoms with Crippen molar-refractivity contribution in [1.29, 1.82) is 0 Å². The van der Waals surface area contributed by atoms with E-state index in [9.17, 15) is 18.0 Å². The van der Waals surface area contributed by atoms with E-state index in [1.807, 2.05) is 31.2 Å². The Morgan fingerprint density at radius 3 is 2.50 bits per heavy atom. The topological polar surface area (TPSA) is 32.3 Å². The first kappa shape index (κ1) is 16.5. The van der Waals surface area contributed by atoms with Gasteiger partial charge in [0.2, 0.25) is 5.91 Å². The lowest BCUT2D eigenvalue weighted by molar-refractivity contribution is -0.134. The summed E-state index contributed by atoms with van der Waals surface area (Å²) in [6, 6.07) is 7.63. The van der Waals surface area contributed by atoms with E-state index in [1.54, 1.807) is 6.92 Å². The molecular formula is C14H19F3N2O. The van der Waals surface area contributed by atoms with Crippen LogP contribution in [0.25, 0.3) is 0 Å². The van der Waals surface area contributed by atoms with Crippen LogP contribution < -0.4 is 5.32 Å². The van der Waals surface area contributed by atoms with Crippen molar-refractivity contribution in [2.45, 2.75) is 26.6 Å². The molecule has 0 heterocycles. The Kier molecular flexibility index (Phi) is 6.01. The number of halogens is 3. The molecule has 0 aliphatic heterocycles. The third-order valence-electron chi connectivity index (χ3n) is 2.96. The summed E-state index contributed by atoms with van der Waals surface area (Å²) in [5.74, 6) is -0.333. The van der Waals surface area contributed by atoms with Crippen LogP contribution >= 0.6 is 0 Å². The normalized spacial score (nSPS) is 11.4. The van der Waals surface area contributed by atoms with Crippen LogP contribution in [0.4, 0.5) is 13.2 Å². The van der Waals surface area contributed by atoms with E-state index in [-0.39, 0.29) is 12.5 Å². The molecule has 1 amide bonds. The van der Waals surface area contributed by atoms with Crippen LogP contribution in [0.5, 0.6) is 0 Å². The maximum Gasteiger partial charge on any atom is 0.401 e. The Labute approximate surface area is 116 Å². The molecule has 0 aliphatic carbocycles. The molecule has 0 aliphatic rings. The fraction of sp³-hybridized carbons (Fsp3) is 0.500. The molecule has 20 heavy (non-hydrogen) atoms. The molecule has 0 saturated carbocycles. The smallest absolute Gasteiger partial charge is 0.338 e. The van der Waals surface area contributed by atoms with Crippen LogP contribution in [0.15, 0.2) is 24.3 Å². The van der Waals surface area contributed by atoms with Crippen molar-refractivity contribution in [3.8, 4) is 0 Å². The Balaban J connectivity index is 2.54. The minimum atomic E-state index is -4.30. The van der Waals surface area contributed by atoms with Crippen molar-refractivity contribution < 1.29 is 18.0 Å². The van der Waals surface area contributed by atoms with E-state index < -0.39 is 12.7 Å². The van der Waals surface area contributed by atoms with Gasteiger partial charge in [0.15, 0.2) is 0 Å². The average Bonchev–Trinajstić information content (AvgIpc) is 2.36. The van der Waals surface area contributed by atoms with E-state index in [1.165, 1.54) is 4.90 Å². The molecule has 0 atom stereocenters. The highest BCUT2D eigenvalue weighted by molar-refractivity contribution is 5.78. The van der Waals surface area contributed by atoms with Crippen molar-refractivity contribution in [3.63, 3.8) is 0 Å². The number of hydrogen-bond donors (Lipinski definition) is 1. The highest BCUT2D eigenvalue weighted by atomic mass is 19.4. The molecule has 6 heteroatoms. The molecule has 3 nitrogen and oxygen atoms in total. The molecule has 0 spiro atoms. The van der Waals surface area contributed by atoms with Crippen LogP contribution in [0.3, 0.4) is 0 Å². The van der Waals surface area contributed by atoms with Crippen LogP contribution in [-0.2, 0) is 11.3 Å². The number of nitrogens with one attached hydrogen (secondary N) is 1. The van der Waals surface area contributed by atoms with Gasteiger partial charge in [-0.05, 0) is 25.0 Å². The number of benzene rings is 1. The number of carbonyl (C=O) groups is 1.